The molecule has 1 rings (SSSR count). The van der Waals surface area contributed by atoms with Crippen LogP contribution in [0.3, 0.4) is 0 Å². The molecule has 0 aliphatic carbocycles. The second kappa shape index (κ2) is 6.94. The number of rotatable bonds is 6. The second-order valence-corrected chi connectivity index (χ2v) is 4.63. The first-order chi connectivity index (χ1) is 8.11. The van der Waals surface area contributed by atoms with Crippen LogP contribution in [0.2, 0.25) is 5.02 Å². The maximum atomic E-state index is 13.8. The minimum atomic E-state index is -0.281. The van der Waals surface area contributed by atoms with E-state index >= 15 is 0 Å². The molecule has 2 nitrogen and oxygen atoms in total. The zero-order valence-electron chi connectivity index (χ0n) is 10.4. The lowest BCUT2D eigenvalue weighted by Crippen LogP contribution is -2.32. The summed E-state index contributed by atoms with van der Waals surface area (Å²) in [6.07, 6.45) is 2.17. The Morgan fingerprint density at radius 2 is 2.18 bits per heavy atom. The first-order valence-corrected chi connectivity index (χ1v) is 6.33. The van der Waals surface area contributed by atoms with Crippen LogP contribution >= 0.6 is 11.6 Å². The van der Waals surface area contributed by atoms with Crippen molar-refractivity contribution in [3.05, 3.63) is 34.6 Å². The predicted molar refractivity (Wildman–Crippen MR) is 70.7 cm³/mol. The summed E-state index contributed by atoms with van der Waals surface area (Å²) >= 11 is 6.06. The maximum absolute atomic E-state index is 13.8. The molecular formula is C13H20ClFN2. The van der Waals surface area contributed by atoms with Crippen molar-refractivity contribution in [1.29, 1.82) is 0 Å². The summed E-state index contributed by atoms with van der Waals surface area (Å²) in [5.74, 6) is -0.281. The van der Waals surface area contributed by atoms with Crippen molar-refractivity contribution in [1.82, 2.24) is 4.90 Å². The average molecular weight is 259 g/mol. The van der Waals surface area contributed by atoms with E-state index in [2.05, 4.69) is 11.8 Å². The lowest BCUT2D eigenvalue weighted by Gasteiger charge is -2.28. The summed E-state index contributed by atoms with van der Waals surface area (Å²) in [7, 11) is 1.95. The molecule has 0 aliphatic rings. The highest BCUT2D eigenvalue weighted by atomic mass is 35.5. The third-order valence-electron chi connectivity index (χ3n) is 2.95. The quantitative estimate of drug-likeness (QED) is 0.849. The van der Waals surface area contributed by atoms with Crippen LogP contribution in [0.25, 0.3) is 0 Å². The zero-order chi connectivity index (χ0) is 12.8. The highest BCUT2D eigenvalue weighted by molar-refractivity contribution is 6.31. The average Bonchev–Trinajstić information content (AvgIpc) is 2.31. The van der Waals surface area contributed by atoms with Gasteiger partial charge >= 0.3 is 0 Å². The van der Waals surface area contributed by atoms with E-state index in [1.165, 1.54) is 6.07 Å². The van der Waals surface area contributed by atoms with Crippen LogP contribution in [0.1, 0.15) is 31.4 Å². The van der Waals surface area contributed by atoms with Gasteiger partial charge in [0.2, 0.25) is 0 Å². The Hall–Kier alpha value is -0.640. The molecule has 0 aromatic heterocycles. The van der Waals surface area contributed by atoms with Gasteiger partial charge in [0.25, 0.3) is 0 Å². The SMILES string of the molecule is CCCCN(C)C(CN)c1c(F)cccc1Cl. The molecule has 0 radical (unpaired) electrons. The first kappa shape index (κ1) is 14.4. The van der Waals surface area contributed by atoms with Crippen LogP contribution in [-0.2, 0) is 0 Å². The predicted octanol–water partition coefficient (Wildman–Crippen LogP) is 3.21. The van der Waals surface area contributed by atoms with Crippen LogP contribution in [-0.4, -0.2) is 25.0 Å². The summed E-state index contributed by atoms with van der Waals surface area (Å²) in [5.41, 5.74) is 6.26. The summed E-state index contributed by atoms with van der Waals surface area (Å²) in [5, 5.41) is 0.448. The molecule has 0 amide bonds. The molecule has 1 aromatic carbocycles. The van der Waals surface area contributed by atoms with Gasteiger partial charge in [-0.25, -0.2) is 4.39 Å². The Morgan fingerprint density at radius 1 is 1.47 bits per heavy atom. The van der Waals surface area contributed by atoms with Crippen molar-refractivity contribution < 1.29 is 4.39 Å². The van der Waals surface area contributed by atoms with Crippen LogP contribution in [0.5, 0.6) is 0 Å². The van der Waals surface area contributed by atoms with Crippen molar-refractivity contribution in [3.63, 3.8) is 0 Å². The molecule has 0 spiro atoms. The molecule has 0 saturated heterocycles. The number of hydrogen-bond acceptors (Lipinski definition) is 2. The zero-order valence-corrected chi connectivity index (χ0v) is 11.2. The van der Waals surface area contributed by atoms with E-state index in [4.69, 9.17) is 17.3 Å². The fourth-order valence-corrected chi connectivity index (χ4v) is 2.20. The summed E-state index contributed by atoms with van der Waals surface area (Å²) in [6, 6.07) is 4.59. The molecule has 0 aliphatic heterocycles. The van der Waals surface area contributed by atoms with Gasteiger partial charge in [0, 0.05) is 17.1 Å². The van der Waals surface area contributed by atoms with Gasteiger partial charge in [-0.3, -0.25) is 4.90 Å². The van der Waals surface area contributed by atoms with Crippen molar-refractivity contribution in [2.75, 3.05) is 20.1 Å². The molecule has 17 heavy (non-hydrogen) atoms. The van der Waals surface area contributed by atoms with Crippen LogP contribution in [0, 0.1) is 5.82 Å². The Balaban J connectivity index is 2.93. The molecule has 1 aromatic rings. The Labute approximate surface area is 108 Å². The van der Waals surface area contributed by atoms with Crippen LogP contribution in [0.15, 0.2) is 18.2 Å². The summed E-state index contributed by atoms with van der Waals surface area (Å²) in [4.78, 5) is 2.06. The monoisotopic (exact) mass is 258 g/mol. The van der Waals surface area contributed by atoms with Crippen molar-refractivity contribution in [2.45, 2.75) is 25.8 Å². The van der Waals surface area contributed by atoms with Gasteiger partial charge in [-0.1, -0.05) is 31.0 Å². The maximum Gasteiger partial charge on any atom is 0.129 e. The van der Waals surface area contributed by atoms with Gasteiger partial charge in [0.15, 0.2) is 0 Å². The molecule has 4 heteroatoms. The molecule has 1 unspecified atom stereocenters. The molecule has 0 bridgehead atoms. The Bertz CT molecular complexity index is 337. The number of nitrogens with two attached hydrogens (primary N) is 1. The number of nitrogens with zero attached hydrogens (tertiary/aromatic N) is 1. The third-order valence-corrected chi connectivity index (χ3v) is 3.28. The largest absolute Gasteiger partial charge is 0.329 e. The van der Waals surface area contributed by atoms with Gasteiger partial charge in [0.05, 0.1) is 6.04 Å². The lowest BCUT2D eigenvalue weighted by atomic mass is 10.0. The molecule has 0 heterocycles. The van der Waals surface area contributed by atoms with E-state index in [9.17, 15) is 4.39 Å². The van der Waals surface area contributed by atoms with Gasteiger partial charge < -0.3 is 5.73 Å². The molecule has 0 fully saturated rings. The van der Waals surface area contributed by atoms with Crippen molar-refractivity contribution in [3.8, 4) is 0 Å². The van der Waals surface area contributed by atoms with E-state index < -0.39 is 0 Å². The van der Waals surface area contributed by atoms with Crippen molar-refractivity contribution >= 4 is 11.6 Å². The highest BCUT2D eigenvalue weighted by Crippen LogP contribution is 2.28. The van der Waals surface area contributed by atoms with Crippen LogP contribution in [0.4, 0.5) is 4.39 Å². The lowest BCUT2D eigenvalue weighted by molar-refractivity contribution is 0.241. The van der Waals surface area contributed by atoms with E-state index in [1.54, 1.807) is 12.1 Å². The Morgan fingerprint density at radius 3 is 2.71 bits per heavy atom. The summed E-state index contributed by atoms with van der Waals surface area (Å²) < 4.78 is 13.8. The van der Waals surface area contributed by atoms with Gasteiger partial charge in [-0.15, -0.1) is 0 Å². The molecule has 96 valence electrons. The second-order valence-electron chi connectivity index (χ2n) is 4.22. The Kier molecular flexibility index (Phi) is 5.89. The number of benzene rings is 1. The highest BCUT2D eigenvalue weighted by Gasteiger charge is 2.21. The van der Waals surface area contributed by atoms with E-state index in [1.807, 2.05) is 7.05 Å². The smallest absolute Gasteiger partial charge is 0.129 e. The topological polar surface area (TPSA) is 29.3 Å². The van der Waals surface area contributed by atoms with Gasteiger partial charge in [-0.2, -0.15) is 0 Å². The van der Waals surface area contributed by atoms with Crippen LogP contribution < -0.4 is 5.73 Å². The fourth-order valence-electron chi connectivity index (χ4n) is 1.91. The first-order valence-electron chi connectivity index (χ1n) is 5.96. The molecule has 1 atom stereocenters. The molecule has 0 saturated carbocycles. The third kappa shape index (κ3) is 3.66. The van der Waals surface area contributed by atoms with Gasteiger partial charge in [0.1, 0.15) is 5.82 Å². The molecule has 2 N–H and O–H groups in total. The standard InChI is InChI=1S/C13H20ClFN2/c1-3-4-8-17(2)12(9-16)13-10(14)6-5-7-11(13)15/h5-7,12H,3-4,8-9,16H2,1-2H3. The fraction of sp³-hybridized carbons (Fsp3) is 0.538. The summed E-state index contributed by atoms with van der Waals surface area (Å²) in [6.45, 7) is 3.38. The van der Waals surface area contributed by atoms with Crippen molar-refractivity contribution in [2.24, 2.45) is 5.73 Å². The number of likely N-dealkylation sites (N-methyl/N-ethyl adjacent to an activating group) is 1. The van der Waals surface area contributed by atoms with E-state index in [0.717, 1.165) is 19.4 Å². The number of halogens is 2. The normalized spacial score (nSPS) is 13.1. The molecular weight excluding hydrogens is 239 g/mol. The number of hydrogen-bond donors (Lipinski definition) is 1. The number of unbranched alkanes of at least 4 members (excludes halogenated alkanes) is 1. The van der Waals surface area contributed by atoms with E-state index in [-0.39, 0.29) is 11.9 Å². The van der Waals surface area contributed by atoms with E-state index in [0.29, 0.717) is 17.1 Å². The minimum Gasteiger partial charge on any atom is -0.329 e. The van der Waals surface area contributed by atoms with Gasteiger partial charge in [-0.05, 0) is 32.1 Å². The minimum absolute atomic E-state index is 0.157.